The molecule has 0 aliphatic carbocycles. The van der Waals surface area contributed by atoms with E-state index in [-0.39, 0.29) is 16.9 Å². The second-order valence-electron chi connectivity index (χ2n) is 4.58. The maximum Gasteiger partial charge on any atom is 0.141 e. The highest BCUT2D eigenvalue weighted by atomic mass is 35.5. The minimum atomic E-state index is -0.389. The first-order valence-electron chi connectivity index (χ1n) is 6.16. The van der Waals surface area contributed by atoms with Crippen molar-refractivity contribution in [3.63, 3.8) is 0 Å². The highest BCUT2D eigenvalue weighted by molar-refractivity contribution is 6.30. The Labute approximate surface area is 117 Å². The van der Waals surface area contributed by atoms with Crippen LogP contribution < -0.4 is 5.32 Å². The molecule has 0 aliphatic rings. The molecule has 0 bridgehead atoms. The average Bonchev–Trinajstić information content (AvgIpc) is 2.41. The molecule has 1 aromatic carbocycles. The van der Waals surface area contributed by atoms with Gasteiger partial charge in [-0.3, -0.25) is 4.98 Å². The van der Waals surface area contributed by atoms with Gasteiger partial charge in [0.05, 0.1) is 5.02 Å². The monoisotopic (exact) mass is 278 g/mol. The van der Waals surface area contributed by atoms with Crippen molar-refractivity contribution in [1.29, 1.82) is 0 Å². The Bertz CT molecular complexity index is 555. The van der Waals surface area contributed by atoms with Gasteiger partial charge in [-0.15, -0.1) is 0 Å². The third-order valence-corrected chi connectivity index (χ3v) is 3.32. The van der Waals surface area contributed by atoms with Crippen molar-refractivity contribution in [2.75, 3.05) is 0 Å². The third-order valence-electron chi connectivity index (χ3n) is 3.03. The third kappa shape index (κ3) is 3.75. The van der Waals surface area contributed by atoms with Crippen LogP contribution in [-0.4, -0.2) is 4.98 Å². The van der Waals surface area contributed by atoms with E-state index in [9.17, 15) is 4.39 Å². The highest BCUT2D eigenvalue weighted by Gasteiger charge is 2.08. The van der Waals surface area contributed by atoms with Gasteiger partial charge in [0.25, 0.3) is 0 Å². The van der Waals surface area contributed by atoms with E-state index >= 15 is 0 Å². The van der Waals surface area contributed by atoms with Crippen LogP contribution in [0.25, 0.3) is 0 Å². The molecule has 100 valence electrons. The molecule has 1 N–H and O–H groups in total. The van der Waals surface area contributed by atoms with Gasteiger partial charge in [-0.2, -0.15) is 0 Å². The zero-order valence-corrected chi connectivity index (χ0v) is 11.7. The Balaban J connectivity index is 1.98. The SMILES string of the molecule is Cc1ccc(CNC(C)c2ccc(F)c(Cl)c2)cn1. The molecule has 2 aromatic rings. The molecule has 0 amide bonds. The largest absolute Gasteiger partial charge is 0.306 e. The number of aryl methyl sites for hydroxylation is 1. The molecule has 0 aliphatic heterocycles. The number of halogens is 2. The van der Waals surface area contributed by atoms with E-state index < -0.39 is 0 Å². The van der Waals surface area contributed by atoms with Crippen molar-refractivity contribution in [1.82, 2.24) is 10.3 Å². The standard InChI is InChI=1S/C15H16ClFN2/c1-10-3-4-12(8-18-10)9-19-11(2)13-5-6-15(17)14(16)7-13/h3-8,11,19H,9H2,1-2H3. The molecule has 0 radical (unpaired) electrons. The summed E-state index contributed by atoms with van der Waals surface area (Å²) in [6.07, 6.45) is 1.85. The number of hydrogen-bond donors (Lipinski definition) is 1. The van der Waals surface area contributed by atoms with E-state index in [4.69, 9.17) is 11.6 Å². The summed E-state index contributed by atoms with van der Waals surface area (Å²) in [7, 11) is 0. The maximum absolute atomic E-state index is 13.1. The first-order valence-corrected chi connectivity index (χ1v) is 6.54. The van der Waals surface area contributed by atoms with Crippen LogP contribution >= 0.6 is 11.6 Å². The van der Waals surface area contributed by atoms with E-state index in [0.29, 0.717) is 6.54 Å². The fourth-order valence-electron chi connectivity index (χ4n) is 1.77. The second kappa shape index (κ2) is 6.13. The molecule has 2 rings (SSSR count). The lowest BCUT2D eigenvalue weighted by atomic mass is 10.1. The lowest BCUT2D eigenvalue weighted by Gasteiger charge is -2.14. The van der Waals surface area contributed by atoms with Gasteiger partial charge in [0.15, 0.2) is 0 Å². The minimum Gasteiger partial charge on any atom is -0.306 e. The zero-order valence-electron chi connectivity index (χ0n) is 11.0. The molecule has 0 spiro atoms. The molecule has 0 fully saturated rings. The van der Waals surface area contributed by atoms with Crippen LogP contribution in [0.4, 0.5) is 4.39 Å². The van der Waals surface area contributed by atoms with Gasteiger partial charge in [-0.05, 0) is 43.2 Å². The van der Waals surface area contributed by atoms with Gasteiger partial charge in [0, 0.05) is 24.5 Å². The van der Waals surface area contributed by atoms with Crippen molar-refractivity contribution < 1.29 is 4.39 Å². The summed E-state index contributed by atoms with van der Waals surface area (Å²) in [4.78, 5) is 4.24. The van der Waals surface area contributed by atoms with Crippen molar-refractivity contribution in [3.05, 3.63) is 64.2 Å². The van der Waals surface area contributed by atoms with Crippen molar-refractivity contribution in [2.45, 2.75) is 26.4 Å². The smallest absolute Gasteiger partial charge is 0.141 e. The van der Waals surface area contributed by atoms with Gasteiger partial charge in [-0.25, -0.2) is 4.39 Å². The number of rotatable bonds is 4. The topological polar surface area (TPSA) is 24.9 Å². The Morgan fingerprint density at radius 3 is 2.74 bits per heavy atom. The van der Waals surface area contributed by atoms with E-state index in [2.05, 4.69) is 10.3 Å². The molecule has 2 nitrogen and oxygen atoms in total. The molecule has 1 aromatic heterocycles. The quantitative estimate of drug-likeness (QED) is 0.913. The van der Waals surface area contributed by atoms with Gasteiger partial charge in [-0.1, -0.05) is 23.7 Å². The first-order chi connectivity index (χ1) is 9.06. The molecule has 1 heterocycles. The Hall–Kier alpha value is -1.45. The number of aromatic nitrogens is 1. The van der Waals surface area contributed by atoms with Crippen LogP contribution in [0.5, 0.6) is 0 Å². The normalized spacial score (nSPS) is 12.4. The summed E-state index contributed by atoms with van der Waals surface area (Å²) in [5.74, 6) is -0.389. The predicted molar refractivity (Wildman–Crippen MR) is 75.6 cm³/mol. The summed E-state index contributed by atoms with van der Waals surface area (Å²) in [6, 6.07) is 8.91. The Morgan fingerprint density at radius 1 is 1.32 bits per heavy atom. The number of nitrogens with one attached hydrogen (secondary N) is 1. The van der Waals surface area contributed by atoms with Crippen molar-refractivity contribution >= 4 is 11.6 Å². The number of nitrogens with zero attached hydrogens (tertiary/aromatic N) is 1. The van der Waals surface area contributed by atoms with Gasteiger partial charge < -0.3 is 5.32 Å². The van der Waals surface area contributed by atoms with Crippen molar-refractivity contribution in [2.24, 2.45) is 0 Å². The van der Waals surface area contributed by atoms with Crippen LogP contribution in [0.1, 0.15) is 29.8 Å². The highest BCUT2D eigenvalue weighted by Crippen LogP contribution is 2.20. The predicted octanol–water partition coefficient (Wildman–Crippen LogP) is 4.03. The molecule has 0 saturated heterocycles. The number of benzene rings is 1. The first kappa shape index (κ1) is 14.0. The number of hydrogen-bond acceptors (Lipinski definition) is 2. The molecule has 4 heteroatoms. The minimum absolute atomic E-state index is 0.0967. The zero-order chi connectivity index (χ0) is 13.8. The summed E-state index contributed by atoms with van der Waals surface area (Å²) < 4.78 is 13.1. The average molecular weight is 279 g/mol. The molecule has 19 heavy (non-hydrogen) atoms. The van der Waals surface area contributed by atoms with E-state index in [0.717, 1.165) is 16.8 Å². The Morgan fingerprint density at radius 2 is 2.11 bits per heavy atom. The second-order valence-corrected chi connectivity index (χ2v) is 4.99. The van der Waals surface area contributed by atoms with Crippen LogP contribution in [0, 0.1) is 12.7 Å². The molecule has 1 atom stereocenters. The van der Waals surface area contributed by atoms with Crippen LogP contribution in [-0.2, 0) is 6.54 Å². The van der Waals surface area contributed by atoms with Gasteiger partial charge in [0.1, 0.15) is 5.82 Å². The van der Waals surface area contributed by atoms with Crippen LogP contribution in [0.3, 0.4) is 0 Å². The summed E-state index contributed by atoms with van der Waals surface area (Å²) in [5.41, 5.74) is 3.08. The summed E-state index contributed by atoms with van der Waals surface area (Å²) in [6.45, 7) is 4.69. The molecule has 1 unspecified atom stereocenters. The van der Waals surface area contributed by atoms with Gasteiger partial charge >= 0.3 is 0 Å². The maximum atomic E-state index is 13.1. The lowest BCUT2D eigenvalue weighted by Crippen LogP contribution is -2.18. The number of pyridine rings is 1. The van der Waals surface area contributed by atoms with E-state index in [1.807, 2.05) is 32.2 Å². The van der Waals surface area contributed by atoms with Crippen LogP contribution in [0.15, 0.2) is 36.5 Å². The summed E-state index contributed by atoms with van der Waals surface area (Å²) in [5, 5.41) is 3.52. The fourth-order valence-corrected chi connectivity index (χ4v) is 1.96. The molecule has 0 saturated carbocycles. The molecular formula is C15H16ClFN2. The lowest BCUT2D eigenvalue weighted by molar-refractivity contribution is 0.570. The van der Waals surface area contributed by atoms with Crippen molar-refractivity contribution in [3.8, 4) is 0 Å². The van der Waals surface area contributed by atoms with E-state index in [1.165, 1.54) is 6.07 Å². The Kier molecular flexibility index (Phi) is 4.51. The van der Waals surface area contributed by atoms with Gasteiger partial charge in [0.2, 0.25) is 0 Å². The molecular weight excluding hydrogens is 263 g/mol. The van der Waals surface area contributed by atoms with Crippen LogP contribution in [0.2, 0.25) is 5.02 Å². The van der Waals surface area contributed by atoms with E-state index in [1.54, 1.807) is 12.1 Å². The fraction of sp³-hybridized carbons (Fsp3) is 0.267. The summed E-state index contributed by atoms with van der Waals surface area (Å²) >= 11 is 5.78.